The van der Waals surface area contributed by atoms with E-state index < -0.39 is 0 Å². The van der Waals surface area contributed by atoms with E-state index in [1.54, 1.807) is 0 Å². The molecule has 0 bridgehead atoms. The van der Waals surface area contributed by atoms with E-state index in [0.717, 1.165) is 19.1 Å². The summed E-state index contributed by atoms with van der Waals surface area (Å²) >= 11 is 0. The van der Waals surface area contributed by atoms with Gasteiger partial charge in [0.15, 0.2) is 0 Å². The quantitative estimate of drug-likeness (QED) is 0.640. The molecule has 2 unspecified atom stereocenters. The van der Waals surface area contributed by atoms with Crippen molar-refractivity contribution in [2.45, 2.75) is 45.2 Å². The van der Waals surface area contributed by atoms with E-state index >= 15 is 0 Å². The van der Waals surface area contributed by atoms with E-state index in [9.17, 15) is 0 Å². The van der Waals surface area contributed by atoms with Crippen LogP contribution in [-0.4, -0.2) is 25.2 Å². The summed E-state index contributed by atoms with van der Waals surface area (Å²) < 4.78 is 0. The number of nitrogens with one attached hydrogen (secondary N) is 2. The molecular weight excluding hydrogens is 136 g/mol. The third-order valence-corrected chi connectivity index (χ3v) is 2.46. The van der Waals surface area contributed by atoms with Crippen molar-refractivity contribution in [3.05, 3.63) is 0 Å². The van der Waals surface area contributed by atoms with Crippen LogP contribution in [0.15, 0.2) is 0 Å². The molecule has 0 aliphatic carbocycles. The largest absolute Gasteiger partial charge is 0.311 e. The van der Waals surface area contributed by atoms with E-state index in [-0.39, 0.29) is 0 Å². The maximum atomic E-state index is 3.56. The highest BCUT2D eigenvalue weighted by Crippen LogP contribution is 2.07. The first-order chi connectivity index (χ1) is 5.38. The molecule has 0 spiro atoms. The summed E-state index contributed by atoms with van der Waals surface area (Å²) in [4.78, 5) is 0. The van der Waals surface area contributed by atoms with Gasteiger partial charge in [-0.05, 0) is 12.8 Å². The van der Waals surface area contributed by atoms with Gasteiger partial charge in [-0.2, -0.15) is 0 Å². The fourth-order valence-electron chi connectivity index (χ4n) is 1.84. The smallest absolute Gasteiger partial charge is 0.0221 e. The van der Waals surface area contributed by atoms with Crippen molar-refractivity contribution < 1.29 is 0 Å². The zero-order chi connectivity index (χ0) is 8.10. The van der Waals surface area contributed by atoms with Crippen molar-refractivity contribution >= 4 is 0 Å². The Balaban J connectivity index is 2.31. The lowest BCUT2D eigenvalue weighted by molar-refractivity contribution is 0.299. The van der Waals surface area contributed by atoms with Crippen LogP contribution in [0.4, 0.5) is 0 Å². The molecule has 0 aromatic rings. The summed E-state index contributed by atoms with van der Waals surface area (Å²) in [5.41, 5.74) is 0. The first kappa shape index (κ1) is 9.01. The molecule has 0 amide bonds. The van der Waals surface area contributed by atoms with E-state index in [4.69, 9.17) is 0 Å². The molecule has 66 valence electrons. The average molecular weight is 156 g/mol. The van der Waals surface area contributed by atoms with E-state index in [1.165, 1.54) is 19.3 Å². The third-order valence-electron chi connectivity index (χ3n) is 2.46. The highest BCUT2D eigenvalue weighted by molar-refractivity contribution is 4.85. The van der Waals surface area contributed by atoms with Crippen LogP contribution in [0.5, 0.6) is 0 Å². The Morgan fingerprint density at radius 3 is 2.27 bits per heavy atom. The molecule has 2 N–H and O–H groups in total. The molecule has 0 radical (unpaired) electrons. The lowest BCUT2D eigenvalue weighted by Gasteiger charge is -2.32. The minimum Gasteiger partial charge on any atom is -0.311 e. The van der Waals surface area contributed by atoms with Crippen LogP contribution in [0.2, 0.25) is 0 Å². The predicted molar refractivity (Wildman–Crippen MR) is 48.8 cm³/mol. The Morgan fingerprint density at radius 1 is 1.09 bits per heavy atom. The highest BCUT2D eigenvalue weighted by Gasteiger charge is 2.20. The van der Waals surface area contributed by atoms with Crippen LogP contribution < -0.4 is 10.6 Å². The Hall–Kier alpha value is -0.0800. The van der Waals surface area contributed by atoms with Gasteiger partial charge >= 0.3 is 0 Å². The lowest BCUT2D eigenvalue weighted by atomic mass is 9.99. The van der Waals surface area contributed by atoms with Crippen LogP contribution in [-0.2, 0) is 0 Å². The summed E-state index contributed by atoms with van der Waals surface area (Å²) in [5, 5.41) is 7.10. The summed E-state index contributed by atoms with van der Waals surface area (Å²) in [5.74, 6) is 0. The maximum absolute atomic E-state index is 3.56. The van der Waals surface area contributed by atoms with Crippen LogP contribution in [0.25, 0.3) is 0 Å². The van der Waals surface area contributed by atoms with Gasteiger partial charge in [0.05, 0.1) is 0 Å². The van der Waals surface area contributed by atoms with Gasteiger partial charge in [0, 0.05) is 25.2 Å². The zero-order valence-corrected chi connectivity index (χ0v) is 7.69. The second-order valence-corrected chi connectivity index (χ2v) is 3.32. The van der Waals surface area contributed by atoms with Crippen LogP contribution >= 0.6 is 0 Å². The summed E-state index contributed by atoms with van der Waals surface area (Å²) in [6, 6.07) is 1.43. The second-order valence-electron chi connectivity index (χ2n) is 3.32. The first-order valence-electron chi connectivity index (χ1n) is 4.85. The molecular formula is C9H20N2. The minimum absolute atomic E-state index is 0.712. The fourth-order valence-corrected chi connectivity index (χ4v) is 1.84. The zero-order valence-electron chi connectivity index (χ0n) is 7.69. The number of hydrogen-bond donors (Lipinski definition) is 2. The Labute approximate surface area is 69.8 Å². The molecule has 1 aliphatic rings. The van der Waals surface area contributed by atoms with Gasteiger partial charge in [-0.25, -0.2) is 0 Å². The topological polar surface area (TPSA) is 24.1 Å². The van der Waals surface area contributed by atoms with Crippen LogP contribution in [0, 0.1) is 0 Å². The number of hydrogen-bond acceptors (Lipinski definition) is 2. The van der Waals surface area contributed by atoms with Gasteiger partial charge in [0.1, 0.15) is 0 Å². The van der Waals surface area contributed by atoms with Crippen molar-refractivity contribution in [1.29, 1.82) is 0 Å². The molecule has 2 heteroatoms. The molecule has 1 fully saturated rings. The van der Waals surface area contributed by atoms with Crippen molar-refractivity contribution in [2.75, 3.05) is 13.1 Å². The van der Waals surface area contributed by atoms with Gasteiger partial charge < -0.3 is 10.6 Å². The van der Waals surface area contributed by atoms with Crippen molar-refractivity contribution in [3.63, 3.8) is 0 Å². The van der Waals surface area contributed by atoms with E-state index in [0.29, 0.717) is 6.04 Å². The van der Waals surface area contributed by atoms with Gasteiger partial charge in [-0.3, -0.25) is 0 Å². The molecule has 1 heterocycles. The van der Waals surface area contributed by atoms with E-state index in [2.05, 4.69) is 24.5 Å². The van der Waals surface area contributed by atoms with Crippen LogP contribution in [0.1, 0.15) is 33.1 Å². The standard InChI is InChI=1S/C9H20N2/c1-3-5-9-8(4-2)10-6-7-11-9/h8-11H,3-7H2,1-2H3. The summed E-state index contributed by atoms with van der Waals surface area (Å²) in [7, 11) is 0. The van der Waals surface area contributed by atoms with Gasteiger partial charge in [0.2, 0.25) is 0 Å². The molecule has 1 aliphatic heterocycles. The molecule has 0 aromatic heterocycles. The third kappa shape index (κ3) is 2.46. The van der Waals surface area contributed by atoms with Crippen molar-refractivity contribution in [2.24, 2.45) is 0 Å². The first-order valence-corrected chi connectivity index (χ1v) is 4.85. The number of rotatable bonds is 3. The average Bonchev–Trinajstić information content (AvgIpc) is 2.06. The summed E-state index contributed by atoms with van der Waals surface area (Å²) in [6.07, 6.45) is 3.85. The second kappa shape index (κ2) is 4.73. The Kier molecular flexibility index (Phi) is 3.87. The lowest BCUT2D eigenvalue weighted by Crippen LogP contribution is -2.55. The van der Waals surface area contributed by atoms with E-state index in [1.807, 2.05) is 0 Å². The van der Waals surface area contributed by atoms with Gasteiger partial charge in [-0.15, -0.1) is 0 Å². The van der Waals surface area contributed by atoms with Crippen molar-refractivity contribution in [3.8, 4) is 0 Å². The predicted octanol–water partition coefficient (Wildman–Crippen LogP) is 1.13. The molecule has 0 aromatic carbocycles. The normalized spacial score (nSPS) is 32.2. The molecule has 11 heavy (non-hydrogen) atoms. The highest BCUT2D eigenvalue weighted by atomic mass is 15.1. The van der Waals surface area contributed by atoms with Gasteiger partial charge in [0.25, 0.3) is 0 Å². The Bertz CT molecular complexity index is 102. The monoisotopic (exact) mass is 156 g/mol. The SMILES string of the molecule is CCCC1NCCNC1CC. The molecule has 1 saturated heterocycles. The molecule has 0 saturated carbocycles. The molecule has 2 atom stereocenters. The van der Waals surface area contributed by atoms with Gasteiger partial charge in [-0.1, -0.05) is 20.3 Å². The number of piperazine rings is 1. The fraction of sp³-hybridized carbons (Fsp3) is 1.00. The molecule has 2 nitrogen and oxygen atoms in total. The van der Waals surface area contributed by atoms with Crippen molar-refractivity contribution in [1.82, 2.24) is 10.6 Å². The minimum atomic E-state index is 0.712. The molecule has 1 rings (SSSR count). The summed E-state index contributed by atoms with van der Waals surface area (Å²) in [6.45, 7) is 6.79. The van der Waals surface area contributed by atoms with Crippen LogP contribution in [0.3, 0.4) is 0 Å². The Morgan fingerprint density at radius 2 is 1.73 bits per heavy atom. The maximum Gasteiger partial charge on any atom is 0.0221 e.